The summed E-state index contributed by atoms with van der Waals surface area (Å²) in [7, 11) is 0. The van der Waals surface area contributed by atoms with E-state index in [1.807, 2.05) is 6.92 Å². The molecule has 11 heavy (non-hydrogen) atoms. The number of amidine groups is 1. The largest absolute Gasteiger partial charge is 0.378 e. The summed E-state index contributed by atoms with van der Waals surface area (Å²) in [5.74, 6) is 0. The number of aromatic nitrogens is 2. The van der Waals surface area contributed by atoms with Crippen molar-refractivity contribution in [1.82, 2.24) is 9.97 Å². The van der Waals surface area contributed by atoms with Crippen molar-refractivity contribution in [3.05, 3.63) is 11.9 Å². The first-order chi connectivity index (χ1) is 5.22. The molecule has 0 aromatic carbocycles. The van der Waals surface area contributed by atoms with Crippen molar-refractivity contribution >= 4 is 16.9 Å². The Kier molecular flexibility index (Phi) is 2.53. The minimum Gasteiger partial charge on any atom is -0.378 e. The molecule has 0 spiro atoms. The third-order valence-electron chi connectivity index (χ3n) is 1.19. The van der Waals surface area contributed by atoms with Crippen LogP contribution >= 0.6 is 11.8 Å². The van der Waals surface area contributed by atoms with E-state index in [0.29, 0.717) is 5.16 Å². The second-order valence-electron chi connectivity index (χ2n) is 2.03. The van der Waals surface area contributed by atoms with Crippen LogP contribution in [-0.4, -0.2) is 15.1 Å². The highest BCUT2D eigenvalue weighted by molar-refractivity contribution is 8.13. The number of rotatable bonds is 2. The van der Waals surface area contributed by atoms with E-state index in [4.69, 9.17) is 11.1 Å². The van der Waals surface area contributed by atoms with Gasteiger partial charge >= 0.3 is 0 Å². The van der Waals surface area contributed by atoms with Crippen LogP contribution in [0.4, 0.5) is 0 Å². The van der Waals surface area contributed by atoms with Crippen LogP contribution in [-0.2, 0) is 6.42 Å². The van der Waals surface area contributed by atoms with Crippen LogP contribution in [0, 0.1) is 5.41 Å². The summed E-state index contributed by atoms with van der Waals surface area (Å²) in [6.45, 7) is 2.04. The number of thioether (sulfide) groups is 1. The Morgan fingerprint density at radius 3 is 3.09 bits per heavy atom. The number of aryl methyl sites for hydroxylation is 1. The van der Waals surface area contributed by atoms with Crippen molar-refractivity contribution in [3.63, 3.8) is 0 Å². The summed E-state index contributed by atoms with van der Waals surface area (Å²) in [5, 5.41) is 7.73. The van der Waals surface area contributed by atoms with Crippen LogP contribution in [0.3, 0.4) is 0 Å². The Morgan fingerprint density at radius 1 is 1.91 bits per heavy atom. The zero-order chi connectivity index (χ0) is 8.27. The van der Waals surface area contributed by atoms with E-state index in [1.54, 1.807) is 6.20 Å². The molecule has 0 saturated carbocycles. The highest BCUT2D eigenvalue weighted by atomic mass is 32.2. The van der Waals surface area contributed by atoms with Gasteiger partial charge < -0.3 is 10.7 Å². The van der Waals surface area contributed by atoms with Gasteiger partial charge in [0.2, 0.25) is 0 Å². The number of hydrogen-bond donors (Lipinski definition) is 3. The van der Waals surface area contributed by atoms with Crippen LogP contribution in [0.15, 0.2) is 11.4 Å². The lowest BCUT2D eigenvalue weighted by Gasteiger charge is -1.90. The lowest BCUT2D eigenvalue weighted by Crippen LogP contribution is -2.03. The number of imidazole rings is 1. The van der Waals surface area contributed by atoms with Gasteiger partial charge in [0.25, 0.3) is 0 Å². The minimum atomic E-state index is 0.0574. The Balaban J connectivity index is 2.65. The summed E-state index contributed by atoms with van der Waals surface area (Å²) < 4.78 is 0. The molecule has 0 aliphatic rings. The first-order valence-corrected chi connectivity index (χ1v) is 4.09. The van der Waals surface area contributed by atoms with E-state index in [0.717, 1.165) is 23.9 Å². The van der Waals surface area contributed by atoms with Crippen molar-refractivity contribution in [2.24, 2.45) is 5.73 Å². The Morgan fingerprint density at radius 2 is 2.64 bits per heavy atom. The molecule has 0 atom stereocenters. The van der Waals surface area contributed by atoms with Gasteiger partial charge in [-0.1, -0.05) is 6.92 Å². The number of nitrogens with one attached hydrogen (secondary N) is 2. The summed E-state index contributed by atoms with van der Waals surface area (Å²) in [4.78, 5) is 7.04. The SMILES string of the molecule is CCc1cnc(SC(=N)N)[nH]1. The number of nitrogens with zero attached hydrogens (tertiary/aromatic N) is 1. The van der Waals surface area contributed by atoms with Crippen molar-refractivity contribution < 1.29 is 0 Å². The maximum absolute atomic E-state index is 6.98. The molecule has 4 N–H and O–H groups in total. The van der Waals surface area contributed by atoms with Gasteiger partial charge in [0.05, 0.1) is 0 Å². The molecule has 0 amide bonds. The summed E-state index contributed by atoms with van der Waals surface area (Å²) in [6.07, 6.45) is 2.68. The monoisotopic (exact) mass is 170 g/mol. The van der Waals surface area contributed by atoms with Crippen LogP contribution < -0.4 is 5.73 Å². The number of aromatic amines is 1. The van der Waals surface area contributed by atoms with Gasteiger partial charge in [-0.15, -0.1) is 0 Å². The van der Waals surface area contributed by atoms with Gasteiger partial charge in [0, 0.05) is 11.9 Å². The smallest absolute Gasteiger partial charge is 0.173 e. The van der Waals surface area contributed by atoms with Gasteiger partial charge in [-0.3, -0.25) is 5.41 Å². The number of H-pyrrole nitrogens is 1. The molecule has 0 bridgehead atoms. The zero-order valence-corrected chi connectivity index (χ0v) is 7.03. The third-order valence-corrected chi connectivity index (χ3v) is 1.81. The van der Waals surface area contributed by atoms with E-state index in [1.165, 1.54) is 0 Å². The van der Waals surface area contributed by atoms with Gasteiger partial charge in [0.15, 0.2) is 10.3 Å². The van der Waals surface area contributed by atoms with Gasteiger partial charge in [0.1, 0.15) is 0 Å². The van der Waals surface area contributed by atoms with E-state index >= 15 is 0 Å². The number of hydrogen-bond acceptors (Lipinski definition) is 3. The van der Waals surface area contributed by atoms with Crippen molar-refractivity contribution in [3.8, 4) is 0 Å². The molecule has 60 valence electrons. The molecule has 0 unspecified atom stereocenters. The van der Waals surface area contributed by atoms with E-state index < -0.39 is 0 Å². The maximum Gasteiger partial charge on any atom is 0.173 e. The fourth-order valence-corrected chi connectivity index (χ4v) is 1.17. The highest BCUT2D eigenvalue weighted by Gasteiger charge is 2.00. The first kappa shape index (κ1) is 8.13. The van der Waals surface area contributed by atoms with E-state index in [-0.39, 0.29) is 5.17 Å². The molecule has 0 fully saturated rings. The van der Waals surface area contributed by atoms with E-state index in [2.05, 4.69) is 9.97 Å². The highest BCUT2D eigenvalue weighted by Crippen LogP contribution is 2.12. The Bertz CT molecular complexity index is 255. The molecule has 1 aromatic rings. The molecule has 1 heterocycles. The Hall–Kier alpha value is -0.970. The molecule has 0 saturated heterocycles. The summed E-state index contributed by atoms with van der Waals surface area (Å²) >= 11 is 1.13. The van der Waals surface area contributed by atoms with Crippen LogP contribution in [0.25, 0.3) is 0 Å². The van der Waals surface area contributed by atoms with Crippen molar-refractivity contribution in [1.29, 1.82) is 5.41 Å². The number of nitrogens with two attached hydrogens (primary N) is 1. The molecule has 0 aliphatic carbocycles. The van der Waals surface area contributed by atoms with Gasteiger partial charge in [-0.05, 0) is 18.2 Å². The minimum absolute atomic E-state index is 0.0574. The van der Waals surface area contributed by atoms with Crippen LogP contribution in [0.2, 0.25) is 0 Å². The normalized spacial score (nSPS) is 9.91. The first-order valence-electron chi connectivity index (χ1n) is 3.28. The van der Waals surface area contributed by atoms with Crippen LogP contribution in [0.1, 0.15) is 12.6 Å². The molecule has 0 radical (unpaired) electrons. The third kappa shape index (κ3) is 2.27. The molecule has 4 nitrogen and oxygen atoms in total. The summed E-state index contributed by atoms with van der Waals surface area (Å²) in [6, 6.07) is 0. The van der Waals surface area contributed by atoms with Gasteiger partial charge in [-0.2, -0.15) is 0 Å². The van der Waals surface area contributed by atoms with Crippen LogP contribution in [0.5, 0.6) is 0 Å². The lowest BCUT2D eigenvalue weighted by molar-refractivity contribution is 0.997. The average Bonchev–Trinajstić information content (AvgIpc) is 2.34. The quantitative estimate of drug-likeness (QED) is 0.351. The maximum atomic E-state index is 6.98. The molecular weight excluding hydrogens is 160 g/mol. The lowest BCUT2D eigenvalue weighted by atomic mass is 10.4. The molecular formula is C6H10N4S. The standard InChI is InChI=1S/C6H10N4S/c1-2-4-3-9-6(10-4)11-5(7)8/h3H,2H2,1H3,(H3,7,8)(H,9,10). The molecule has 0 aliphatic heterocycles. The summed E-state index contributed by atoms with van der Waals surface area (Å²) in [5.41, 5.74) is 6.23. The second kappa shape index (κ2) is 3.43. The van der Waals surface area contributed by atoms with Crippen molar-refractivity contribution in [2.75, 3.05) is 0 Å². The second-order valence-corrected chi connectivity index (χ2v) is 3.06. The Labute approximate surface area is 69.1 Å². The zero-order valence-electron chi connectivity index (χ0n) is 6.22. The molecule has 5 heteroatoms. The topological polar surface area (TPSA) is 78.6 Å². The fourth-order valence-electron chi connectivity index (χ4n) is 0.674. The molecule has 1 aromatic heterocycles. The van der Waals surface area contributed by atoms with E-state index in [9.17, 15) is 0 Å². The molecule has 1 rings (SSSR count). The predicted octanol–water partition coefficient (Wildman–Crippen LogP) is 0.958. The van der Waals surface area contributed by atoms with Gasteiger partial charge in [-0.25, -0.2) is 4.98 Å². The fraction of sp³-hybridized carbons (Fsp3) is 0.333. The van der Waals surface area contributed by atoms with Crippen molar-refractivity contribution in [2.45, 2.75) is 18.5 Å². The predicted molar refractivity (Wildman–Crippen MR) is 45.7 cm³/mol. The average molecular weight is 170 g/mol.